The van der Waals surface area contributed by atoms with Crippen molar-refractivity contribution in [3.63, 3.8) is 0 Å². The van der Waals surface area contributed by atoms with E-state index in [1.165, 1.54) is 18.4 Å². The fourth-order valence-electron chi connectivity index (χ4n) is 4.62. The van der Waals surface area contributed by atoms with Crippen LogP contribution in [-0.2, 0) is 24.3 Å². The average Bonchev–Trinajstić information content (AvgIpc) is 3.11. The minimum absolute atomic E-state index is 0.194. The topological polar surface area (TPSA) is 105 Å². The lowest BCUT2D eigenvalue weighted by Gasteiger charge is -2.33. The number of hydrogen-bond donors (Lipinski definition) is 1. The highest BCUT2D eigenvalue weighted by Crippen LogP contribution is 2.30. The van der Waals surface area contributed by atoms with E-state index in [1.807, 2.05) is 4.90 Å². The van der Waals surface area contributed by atoms with Crippen LogP contribution in [0, 0.1) is 5.92 Å². The van der Waals surface area contributed by atoms with Crippen LogP contribution in [0.3, 0.4) is 0 Å². The first-order valence-electron chi connectivity index (χ1n) is 11.7. The molecule has 0 aromatic heterocycles. The zero-order valence-electron chi connectivity index (χ0n) is 19.0. The second-order valence-corrected chi connectivity index (χ2v) is 10.5. The molecule has 2 aliphatic heterocycles. The number of amidine groups is 1. The first kappa shape index (κ1) is 23.5. The van der Waals surface area contributed by atoms with Gasteiger partial charge in [-0.15, -0.1) is 4.40 Å². The SMILES string of the molecule is C[C@H](OC(=O)[C@@H]1CCCN(C2=NS(=O)(=O)c3ccccc32)C1)C(=O)NCCC1=CCCCC1. The number of amides is 1. The summed E-state index contributed by atoms with van der Waals surface area (Å²) in [4.78, 5) is 27.2. The Hall–Kier alpha value is -2.68. The molecule has 0 saturated carbocycles. The number of piperidine rings is 1. The van der Waals surface area contributed by atoms with E-state index in [9.17, 15) is 18.0 Å². The highest BCUT2D eigenvalue weighted by atomic mass is 32.2. The minimum atomic E-state index is -3.72. The van der Waals surface area contributed by atoms with Crippen LogP contribution in [0.5, 0.6) is 0 Å². The van der Waals surface area contributed by atoms with Gasteiger partial charge in [-0.05, 0) is 64.0 Å². The Morgan fingerprint density at radius 3 is 2.85 bits per heavy atom. The van der Waals surface area contributed by atoms with Crippen molar-refractivity contribution in [1.29, 1.82) is 0 Å². The maximum absolute atomic E-state index is 12.8. The lowest BCUT2D eigenvalue weighted by atomic mass is 9.97. The van der Waals surface area contributed by atoms with Crippen molar-refractivity contribution in [2.24, 2.45) is 10.3 Å². The van der Waals surface area contributed by atoms with Gasteiger partial charge in [0.1, 0.15) is 4.90 Å². The summed E-state index contributed by atoms with van der Waals surface area (Å²) in [6.45, 7) is 3.04. The van der Waals surface area contributed by atoms with Gasteiger partial charge < -0.3 is 15.0 Å². The number of nitrogens with one attached hydrogen (secondary N) is 1. The van der Waals surface area contributed by atoms with Crippen LogP contribution in [0.2, 0.25) is 0 Å². The van der Waals surface area contributed by atoms with Crippen LogP contribution in [-0.4, -0.2) is 56.8 Å². The number of nitrogens with zero attached hydrogens (tertiary/aromatic N) is 2. The van der Waals surface area contributed by atoms with Crippen molar-refractivity contribution >= 4 is 27.7 Å². The Balaban J connectivity index is 1.31. The predicted octanol–water partition coefficient (Wildman–Crippen LogP) is 2.79. The summed E-state index contributed by atoms with van der Waals surface area (Å²) >= 11 is 0. The first-order chi connectivity index (χ1) is 15.8. The fraction of sp³-hybridized carbons (Fsp3) is 0.542. The second kappa shape index (κ2) is 10.1. The van der Waals surface area contributed by atoms with Crippen LogP contribution in [0.1, 0.15) is 57.4 Å². The smallest absolute Gasteiger partial charge is 0.311 e. The molecular formula is C24H31N3O5S. The van der Waals surface area contributed by atoms with Gasteiger partial charge in [0.05, 0.1) is 5.92 Å². The summed E-state index contributed by atoms with van der Waals surface area (Å²) in [7, 11) is -3.72. The molecule has 178 valence electrons. The van der Waals surface area contributed by atoms with E-state index in [1.54, 1.807) is 31.2 Å². The van der Waals surface area contributed by atoms with Gasteiger partial charge in [0.25, 0.3) is 15.9 Å². The maximum Gasteiger partial charge on any atom is 0.311 e. The molecule has 8 nitrogen and oxygen atoms in total. The van der Waals surface area contributed by atoms with E-state index in [0.717, 1.165) is 19.3 Å². The third-order valence-electron chi connectivity index (χ3n) is 6.46. The van der Waals surface area contributed by atoms with Crippen LogP contribution < -0.4 is 5.32 Å². The molecule has 1 aromatic carbocycles. The number of benzene rings is 1. The zero-order chi connectivity index (χ0) is 23.4. The maximum atomic E-state index is 12.8. The van der Waals surface area contributed by atoms with E-state index in [4.69, 9.17) is 4.74 Å². The molecule has 3 aliphatic rings. The molecule has 1 amide bonds. The molecule has 2 atom stereocenters. The van der Waals surface area contributed by atoms with Crippen LogP contribution in [0.15, 0.2) is 45.2 Å². The molecule has 1 aliphatic carbocycles. The average molecular weight is 474 g/mol. The Kier molecular flexibility index (Phi) is 7.17. The lowest BCUT2D eigenvalue weighted by Crippen LogP contribution is -2.44. The number of allylic oxidation sites excluding steroid dienone is 1. The van der Waals surface area contributed by atoms with Crippen molar-refractivity contribution in [2.75, 3.05) is 19.6 Å². The van der Waals surface area contributed by atoms with Crippen LogP contribution >= 0.6 is 0 Å². The largest absolute Gasteiger partial charge is 0.452 e. The third-order valence-corrected chi connectivity index (χ3v) is 7.78. The van der Waals surface area contributed by atoms with Crippen molar-refractivity contribution in [1.82, 2.24) is 10.2 Å². The Morgan fingerprint density at radius 1 is 1.24 bits per heavy atom. The number of likely N-dealkylation sites (tertiary alicyclic amines) is 1. The number of rotatable bonds is 6. The van der Waals surface area contributed by atoms with Crippen molar-refractivity contribution in [2.45, 2.75) is 62.9 Å². The van der Waals surface area contributed by atoms with E-state index in [2.05, 4.69) is 15.8 Å². The second-order valence-electron chi connectivity index (χ2n) is 8.90. The minimum Gasteiger partial charge on any atom is -0.452 e. The van der Waals surface area contributed by atoms with Gasteiger partial charge in [-0.3, -0.25) is 9.59 Å². The lowest BCUT2D eigenvalue weighted by molar-refractivity contribution is -0.159. The van der Waals surface area contributed by atoms with Crippen molar-refractivity contribution < 1.29 is 22.7 Å². The van der Waals surface area contributed by atoms with Crippen molar-refractivity contribution in [3.8, 4) is 0 Å². The number of sulfonamides is 1. The summed E-state index contributed by atoms with van der Waals surface area (Å²) < 4.78 is 34.2. The van der Waals surface area contributed by atoms with E-state index in [0.29, 0.717) is 43.9 Å². The van der Waals surface area contributed by atoms with E-state index < -0.39 is 28.0 Å². The molecule has 0 unspecified atom stereocenters. The number of carbonyl (C=O) groups is 2. The molecule has 0 radical (unpaired) electrons. The van der Waals surface area contributed by atoms with Gasteiger partial charge in [0, 0.05) is 25.2 Å². The zero-order valence-corrected chi connectivity index (χ0v) is 19.8. The third kappa shape index (κ3) is 5.46. The van der Waals surface area contributed by atoms with E-state index >= 15 is 0 Å². The molecule has 1 fully saturated rings. The molecule has 4 rings (SSSR count). The number of ether oxygens (including phenoxy) is 1. The molecule has 0 spiro atoms. The Morgan fingerprint density at radius 2 is 2.06 bits per heavy atom. The Labute approximate surface area is 195 Å². The number of fused-ring (bicyclic) bond motifs is 1. The Bertz CT molecular complexity index is 1080. The monoisotopic (exact) mass is 473 g/mol. The molecule has 1 aromatic rings. The molecule has 1 saturated heterocycles. The normalized spacial score (nSPS) is 22.6. The molecule has 33 heavy (non-hydrogen) atoms. The van der Waals surface area contributed by atoms with Crippen LogP contribution in [0.25, 0.3) is 0 Å². The van der Waals surface area contributed by atoms with Gasteiger partial charge in [0.15, 0.2) is 11.9 Å². The van der Waals surface area contributed by atoms with Crippen LogP contribution in [0.4, 0.5) is 0 Å². The summed E-state index contributed by atoms with van der Waals surface area (Å²) in [5.41, 5.74) is 1.94. The highest BCUT2D eigenvalue weighted by molar-refractivity contribution is 7.90. The fourth-order valence-corrected chi connectivity index (χ4v) is 5.85. The summed E-state index contributed by atoms with van der Waals surface area (Å²) in [5.74, 6) is -0.801. The van der Waals surface area contributed by atoms with Crippen molar-refractivity contribution in [3.05, 3.63) is 41.5 Å². The molecule has 9 heteroatoms. The number of hydrogen-bond acceptors (Lipinski definition) is 6. The first-order valence-corrected chi connectivity index (χ1v) is 13.1. The summed E-state index contributed by atoms with van der Waals surface area (Å²) in [6, 6.07) is 6.72. The molecular weight excluding hydrogens is 442 g/mol. The molecule has 1 N–H and O–H groups in total. The summed E-state index contributed by atoms with van der Waals surface area (Å²) in [5, 5.41) is 2.86. The van der Waals surface area contributed by atoms with Gasteiger partial charge in [-0.1, -0.05) is 23.8 Å². The standard InChI is InChI=1S/C24H31N3O5S/c1-17(23(28)25-14-13-18-8-3-2-4-9-18)32-24(29)19-10-7-15-27(16-19)22-20-11-5-6-12-21(20)33(30,31)26-22/h5-6,8,11-12,17,19H,2-4,7,9-10,13-16H2,1H3,(H,25,28)/t17-,19+/m0/s1. The van der Waals surface area contributed by atoms with Gasteiger partial charge in [0.2, 0.25) is 0 Å². The number of carbonyl (C=O) groups excluding carboxylic acids is 2. The highest BCUT2D eigenvalue weighted by Gasteiger charge is 2.36. The predicted molar refractivity (Wildman–Crippen MR) is 124 cm³/mol. The van der Waals surface area contributed by atoms with Gasteiger partial charge in [-0.2, -0.15) is 8.42 Å². The molecule has 2 heterocycles. The molecule has 0 bridgehead atoms. The van der Waals surface area contributed by atoms with Gasteiger partial charge in [-0.25, -0.2) is 0 Å². The number of esters is 1. The van der Waals surface area contributed by atoms with Gasteiger partial charge >= 0.3 is 5.97 Å². The quantitative estimate of drug-likeness (QED) is 0.503. The summed E-state index contributed by atoms with van der Waals surface area (Å²) in [6.07, 6.45) is 8.18. The van der Waals surface area contributed by atoms with E-state index in [-0.39, 0.29) is 10.8 Å².